The minimum atomic E-state index is -1.53. The Labute approximate surface area is 235 Å². The Kier molecular flexibility index (Phi) is 12.2. The minimum absolute atomic E-state index is 0.0325. The number of hydrogen-bond donors (Lipinski definition) is 9. The average Bonchev–Trinajstić information content (AvgIpc) is 2.90. The van der Waals surface area contributed by atoms with E-state index in [9.17, 15) is 39.3 Å². The van der Waals surface area contributed by atoms with Crippen LogP contribution >= 0.6 is 12.6 Å². The predicted molar refractivity (Wildman–Crippen MR) is 146 cm³/mol. The van der Waals surface area contributed by atoms with Crippen LogP contribution in [-0.4, -0.2) is 80.0 Å². The van der Waals surface area contributed by atoms with Gasteiger partial charge < -0.3 is 42.1 Å². The third-order valence-corrected chi connectivity index (χ3v) is 6.18. The number of amides is 3. The molecule has 0 aliphatic heterocycles. The molecule has 2 rings (SSSR count). The summed E-state index contributed by atoms with van der Waals surface area (Å²) in [6.45, 7) is 0. The highest BCUT2D eigenvalue weighted by Gasteiger charge is 2.30. The molecule has 0 saturated heterocycles. The van der Waals surface area contributed by atoms with E-state index < -0.39 is 60.2 Å². The highest BCUT2D eigenvalue weighted by molar-refractivity contribution is 7.80. The fourth-order valence-electron chi connectivity index (χ4n) is 3.60. The number of thiol groups is 1. The number of phenols is 2. The summed E-state index contributed by atoms with van der Waals surface area (Å²) in [6.07, 6.45) is -0.891. The molecule has 4 unspecified atom stereocenters. The van der Waals surface area contributed by atoms with Crippen LogP contribution in [0, 0.1) is 0 Å². The summed E-state index contributed by atoms with van der Waals surface area (Å²) in [6, 6.07) is 6.71. The number of phenolic OH excluding ortho intramolecular Hbond substituents is 2. The SMILES string of the molecule is NC(Cc1ccc(O)cc1)C(=O)NC(CS)C(=O)NC(Cc1ccc(O)cc1)C(=O)NC(CCC(=O)O)C(=O)O. The van der Waals surface area contributed by atoms with E-state index in [2.05, 4.69) is 28.6 Å². The third-order valence-electron chi connectivity index (χ3n) is 5.81. The van der Waals surface area contributed by atoms with Gasteiger partial charge in [-0.2, -0.15) is 12.6 Å². The summed E-state index contributed by atoms with van der Waals surface area (Å²) in [7, 11) is 0. The van der Waals surface area contributed by atoms with Gasteiger partial charge in [0.1, 0.15) is 29.6 Å². The van der Waals surface area contributed by atoms with E-state index in [4.69, 9.17) is 10.8 Å². The van der Waals surface area contributed by atoms with Gasteiger partial charge in [0.2, 0.25) is 17.7 Å². The van der Waals surface area contributed by atoms with Crippen LogP contribution in [-0.2, 0) is 36.8 Å². The summed E-state index contributed by atoms with van der Waals surface area (Å²) in [5, 5.41) is 44.4. The number of carboxylic acid groups (broad SMARTS) is 2. The fraction of sp³-hybridized carbons (Fsp3) is 0.346. The first-order valence-corrected chi connectivity index (χ1v) is 12.8. The van der Waals surface area contributed by atoms with Crippen LogP contribution in [0.4, 0.5) is 0 Å². The number of nitrogens with two attached hydrogens (primary N) is 1. The van der Waals surface area contributed by atoms with Gasteiger partial charge in [0, 0.05) is 18.6 Å². The van der Waals surface area contributed by atoms with Crippen LogP contribution < -0.4 is 21.7 Å². The van der Waals surface area contributed by atoms with E-state index in [1.807, 2.05) is 0 Å². The van der Waals surface area contributed by atoms with Crippen LogP contribution in [0.3, 0.4) is 0 Å². The number of rotatable bonds is 15. The van der Waals surface area contributed by atoms with Gasteiger partial charge in [-0.05, 0) is 48.2 Å². The quantitative estimate of drug-likeness (QED) is 0.124. The van der Waals surface area contributed by atoms with Crippen LogP contribution in [0.2, 0.25) is 0 Å². The van der Waals surface area contributed by atoms with Crippen molar-refractivity contribution in [2.75, 3.05) is 5.75 Å². The normalized spacial score (nSPS) is 13.8. The molecule has 4 atom stereocenters. The molecule has 0 heterocycles. The lowest BCUT2D eigenvalue weighted by Crippen LogP contribution is -2.58. The standard InChI is InChI=1S/C26H32N4O9S/c27-18(11-14-1-5-16(31)6-2-14)23(35)30-21(13-40)25(37)29-20(12-15-3-7-17(32)8-4-15)24(36)28-19(26(38)39)9-10-22(33)34/h1-8,18-21,31-32,40H,9-13,27H2,(H,28,36)(H,29,37)(H,30,35)(H,33,34)(H,38,39). The van der Waals surface area contributed by atoms with Gasteiger partial charge in [-0.15, -0.1) is 0 Å². The second-order valence-corrected chi connectivity index (χ2v) is 9.35. The maximum atomic E-state index is 13.1. The van der Waals surface area contributed by atoms with Crippen molar-refractivity contribution in [2.45, 2.75) is 49.9 Å². The summed E-state index contributed by atoms with van der Waals surface area (Å²) in [5.74, 6) is -5.19. The molecule has 0 fully saturated rings. The molecule has 14 heteroatoms. The summed E-state index contributed by atoms with van der Waals surface area (Å²) in [5.41, 5.74) is 7.16. The predicted octanol–water partition coefficient (Wildman–Crippen LogP) is -0.456. The number of aliphatic carboxylic acids is 2. The van der Waals surface area contributed by atoms with Gasteiger partial charge in [0.25, 0.3) is 0 Å². The summed E-state index contributed by atoms with van der Waals surface area (Å²) in [4.78, 5) is 61.2. The molecule has 13 nitrogen and oxygen atoms in total. The number of carbonyl (C=O) groups excluding carboxylic acids is 3. The van der Waals surface area contributed by atoms with E-state index in [1.54, 1.807) is 12.1 Å². The topological polar surface area (TPSA) is 228 Å². The van der Waals surface area contributed by atoms with Crippen molar-refractivity contribution < 1.29 is 44.4 Å². The lowest BCUT2D eigenvalue weighted by atomic mass is 10.0. The number of nitrogens with one attached hydrogen (secondary N) is 3. The molecule has 2 aromatic carbocycles. The Morgan fingerprint density at radius 3 is 1.62 bits per heavy atom. The van der Waals surface area contributed by atoms with E-state index in [0.29, 0.717) is 11.1 Å². The number of hydrogen-bond acceptors (Lipinski definition) is 9. The Morgan fingerprint density at radius 2 is 1.15 bits per heavy atom. The molecule has 0 bridgehead atoms. The molecule has 216 valence electrons. The minimum Gasteiger partial charge on any atom is -0.508 e. The Hall–Kier alpha value is -4.30. The Bertz CT molecular complexity index is 1190. The van der Waals surface area contributed by atoms with E-state index in [-0.39, 0.29) is 36.5 Å². The molecular weight excluding hydrogens is 544 g/mol. The maximum Gasteiger partial charge on any atom is 0.326 e. The van der Waals surface area contributed by atoms with Crippen LogP contribution in [0.15, 0.2) is 48.5 Å². The molecule has 2 aromatic rings. The van der Waals surface area contributed by atoms with Crippen molar-refractivity contribution >= 4 is 42.3 Å². The second kappa shape index (κ2) is 15.3. The monoisotopic (exact) mass is 576 g/mol. The number of carbonyl (C=O) groups is 5. The highest BCUT2D eigenvalue weighted by atomic mass is 32.1. The average molecular weight is 577 g/mol. The summed E-state index contributed by atoms with van der Waals surface area (Å²) < 4.78 is 0. The van der Waals surface area contributed by atoms with Crippen molar-refractivity contribution in [1.82, 2.24) is 16.0 Å². The largest absolute Gasteiger partial charge is 0.508 e. The zero-order valence-corrected chi connectivity index (χ0v) is 22.2. The molecule has 9 N–H and O–H groups in total. The first-order valence-electron chi connectivity index (χ1n) is 12.2. The van der Waals surface area contributed by atoms with Gasteiger partial charge in [0.15, 0.2) is 0 Å². The van der Waals surface area contributed by atoms with Crippen molar-refractivity contribution in [3.05, 3.63) is 59.7 Å². The van der Waals surface area contributed by atoms with Gasteiger partial charge in [-0.25, -0.2) is 4.79 Å². The molecule has 0 saturated carbocycles. The Morgan fingerprint density at radius 1 is 0.700 bits per heavy atom. The molecule has 3 amide bonds. The van der Waals surface area contributed by atoms with Crippen molar-refractivity contribution in [2.24, 2.45) is 5.73 Å². The highest BCUT2D eigenvalue weighted by Crippen LogP contribution is 2.13. The number of aromatic hydroxyl groups is 2. The lowest BCUT2D eigenvalue weighted by molar-refractivity contribution is -0.143. The van der Waals surface area contributed by atoms with Gasteiger partial charge in [0.05, 0.1) is 6.04 Å². The first-order chi connectivity index (χ1) is 18.9. The molecule has 0 spiro atoms. The molecule has 0 aromatic heterocycles. The third kappa shape index (κ3) is 10.5. The van der Waals surface area contributed by atoms with E-state index in [0.717, 1.165) is 0 Å². The van der Waals surface area contributed by atoms with Gasteiger partial charge in [-0.1, -0.05) is 24.3 Å². The fourth-order valence-corrected chi connectivity index (χ4v) is 3.86. The van der Waals surface area contributed by atoms with E-state index >= 15 is 0 Å². The van der Waals surface area contributed by atoms with Gasteiger partial charge in [-0.3, -0.25) is 19.2 Å². The molecule has 40 heavy (non-hydrogen) atoms. The number of carboxylic acids is 2. The van der Waals surface area contributed by atoms with Gasteiger partial charge >= 0.3 is 11.9 Å². The Balaban J connectivity index is 2.14. The summed E-state index contributed by atoms with van der Waals surface area (Å²) >= 11 is 4.12. The maximum absolute atomic E-state index is 13.1. The molecule has 0 radical (unpaired) electrons. The van der Waals surface area contributed by atoms with E-state index in [1.165, 1.54) is 36.4 Å². The number of benzene rings is 2. The zero-order valence-electron chi connectivity index (χ0n) is 21.3. The van der Waals surface area contributed by atoms with Crippen molar-refractivity contribution in [3.8, 4) is 11.5 Å². The van der Waals surface area contributed by atoms with Crippen LogP contribution in [0.25, 0.3) is 0 Å². The van der Waals surface area contributed by atoms with Crippen molar-refractivity contribution in [3.63, 3.8) is 0 Å². The first kappa shape index (κ1) is 31.9. The lowest BCUT2D eigenvalue weighted by Gasteiger charge is -2.24. The zero-order chi connectivity index (χ0) is 29.8. The second-order valence-electron chi connectivity index (χ2n) is 8.98. The molecule has 0 aliphatic carbocycles. The smallest absolute Gasteiger partial charge is 0.326 e. The van der Waals surface area contributed by atoms with Crippen molar-refractivity contribution in [1.29, 1.82) is 0 Å². The van der Waals surface area contributed by atoms with Crippen LogP contribution in [0.5, 0.6) is 11.5 Å². The van der Waals surface area contributed by atoms with Crippen LogP contribution in [0.1, 0.15) is 24.0 Å². The molecule has 0 aliphatic rings. The molecular formula is C26H32N4O9S.